The van der Waals surface area contributed by atoms with Gasteiger partial charge in [-0.25, -0.2) is 0 Å². The number of nitrogens with zero attached hydrogens (tertiary/aromatic N) is 1. The quantitative estimate of drug-likeness (QED) is 0.233. The molecule has 2 heterocycles. The van der Waals surface area contributed by atoms with Gasteiger partial charge < -0.3 is 19.2 Å². The van der Waals surface area contributed by atoms with Crippen LogP contribution < -0.4 is 4.74 Å². The van der Waals surface area contributed by atoms with Crippen molar-refractivity contribution < 1.29 is 23.8 Å². The first-order chi connectivity index (χ1) is 15.6. The third kappa shape index (κ3) is 4.30. The number of benzene rings is 2. The molecule has 3 aromatic rings. The first-order valence-corrected chi connectivity index (χ1v) is 10.7. The molecule has 6 nitrogen and oxygen atoms in total. The van der Waals surface area contributed by atoms with Crippen molar-refractivity contribution in [2.75, 3.05) is 6.61 Å². The van der Waals surface area contributed by atoms with Crippen molar-refractivity contribution in [3.8, 4) is 5.75 Å². The number of rotatable bonds is 8. The van der Waals surface area contributed by atoms with E-state index in [4.69, 9.17) is 9.15 Å². The van der Waals surface area contributed by atoms with Crippen LogP contribution in [0.4, 0.5) is 0 Å². The molecular weight excluding hydrogens is 406 g/mol. The van der Waals surface area contributed by atoms with Gasteiger partial charge in [0, 0.05) is 5.56 Å². The smallest absolute Gasteiger partial charge is 0.296 e. The number of ketones is 1. The molecule has 1 atom stereocenters. The Morgan fingerprint density at radius 3 is 2.44 bits per heavy atom. The average Bonchev–Trinajstić information content (AvgIpc) is 3.42. The number of hydrogen-bond donors (Lipinski definition) is 1. The van der Waals surface area contributed by atoms with Gasteiger partial charge in [-0.2, -0.15) is 0 Å². The minimum atomic E-state index is -0.745. The van der Waals surface area contributed by atoms with E-state index in [1.807, 2.05) is 30.3 Å². The van der Waals surface area contributed by atoms with Gasteiger partial charge in [0.25, 0.3) is 11.7 Å². The molecule has 6 heteroatoms. The third-order valence-corrected chi connectivity index (χ3v) is 5.46. The fourth-order valence-corrected chi connectivity index (χ4v) is 3.79. The van der Waals surface area contributed by atoms with Crippen LogP contribution in [-0.4, -0.2) is 28.3 Å². The molecule has 1 saturated heterocycles. The topological polar surface area (TPSA) is 80.0 Å². The van der Waals surface area contributed by atoms with Crippen LogP contribution in [0.5, 0.6) is 5.75 Å². The second-order valence-electron chi connectivity index (χ2n) is 7.64. The molecule has 164 valence electrons. The lowest BCUT2D eigenvalue weighted by Gasteiger charge is -2.24. The molecule has 4 rings (SSSR count). The van der Waals surface area contributed by atoms with E-state index in [-0.39, 0.29) is 17.9 Å². The largest absolute Gasteiger partial charge is 0.507 e. The van der Waals surface area contributed by atoms with Gasteiger partial charge in [0.15, 0.2) is 0 Å². The maximum absolute atomic E-state index is 13.0. The van der Waals surface area contributed by atoms with Crippen molar-refractivity contribution in [3.05, 3.63) is 95.5 Å². The molecule has 1 aromatic heterocycles. The minimum Gasteiger partial charge on any atom is -0.507 e. The molecule has 32 heavy (non-hydrogen) atoms. The summed E-state index contributed by atoms with van der Waals surface area (Å²) in [5.74, 6) is -0.318. The number of amides is 1. The average molecular weight is 431 g/mol. The molecule has 1 unspecified atom stereocenters. The lowest BCUT2D eigenvalue weighted by molar-refractivity contribution is -0.140. The van der Waals surface area contributed by atoms with Gasteiger partial charge in [0.05, 0.1) is 31.0 Å². The van der Waals surface area contributed by atoms with Gasteiger partial charge >= 0.3 is 0 Å². The van der Waals surface area contributed by atoms with Crippen molar-refractivity contribution in [1.82, 2.24) is 4.90 Å². The van der Waals surface area contributed by atoms with Crippen molar-refractivity contribution >= 4 is 17.4 Å². The molecule has 0 saturated carbocycles. The summed E-state index contributed by atoms with van der Waals surface area (Å²) in [5, 5.41) is 11.0. The van der Waals surface area contributed by atoms with Gasteiger partial charge in [0.2, 0.25) is 0 Å². The monoisotopic (exact) mass is 431 g/mol. The van der Waals surface area contributed by atoms with Crippen molar-refractivity contribution in [3.63, 3.8) is 0 Å². The summed E-state index contributed by atoms with van der Waals surface area (Å²) in [6.07, 6.45) is 3.52. The molecule has 1 aliphatic rings. The van der Waals surface area contributed by atoms with Gasteiger partial charge in [-0.05, 0) is 36.2 Å². The minimum absolute atomic E-state index is 0.0624. The highest BCUT2D eigenvalue weighted by atomic mass is 16.5. The van der Waals surface area contributed by atoms with Crippen LogP contribution in [0.15, 0.2) is 83.0 Å². The molecule has 0 bridgehead atoms. The second-order valence-corrected chi connectivity index (χ2v) is 7.64. The Morgan fingerprint density at radius 2 is 1.78 bits per heavy atom. The van der Waals surface area contributed by atoms with Crippen LogP contribution in [0.1, 0.15) is 42.7 Å². The molecule has 2 aromatic carbocycles. The highest BCUT2D eigenvalue weighted by Gasteiger charge is 2.46. The maximum atomic E-state index is 13.0. The molecular formula is C26H25NO5. The molecule has 1 amide bonds. The molecule has 0 aliphatic carbocycles. The summed E-state index contributed by atoms with van der Waals surface area (Å²) >= 11 is 0. The number of furan rings is 1. The second kappa shape index (κ2) is 9.56. The molecule has 0 spiro atoms. The van der Waals surface area contributed by atoms with Crippen LogP contribution in [0.3, 0.4) is 0 Å². The zero-order valence-electron chi connectivity index (χ0n) is 17.9. The Kier molecular flexibility index (Phi) is 6.40. The summed E-state index contributed by atoms with van der Waals surface area (Å²) < 4.78 is 11.2. The van der Waals surface area contributed by atoms with E-state index in [0.29, 0.717) is 29.2 Å². The number of unbranched alkanes of at least 4 members (excludes halogenated alkanes) is 1. The fraction of sp³-hybridized carbons (Fsp3) is 0.231. The number of carbonyl (C=O) groups is 2. The van der Waals surface area contributed by atoms with Crippen LogP contribution in [-0.2, 0) is 16.1 Å². The van der Waals surface area contributed by atoms with E-state index in [2.05, 4.69) is 6.92 Å². The summed E-state index contributed by atoms with van der Waals surface area (Å²) in [6.45, 7) is 2.84. The summed E-state index contributed by atoms with van der Waals surface area (Å²) in [5.41, 5.74) is 1.25. The number of carbonyl (C=O) groups excluding carboxylic acids is 2. The fourth-order valence-electron chi connectivity index (χ4n) is 3.79. The van der Waals surface area contributed by atoms with E-state index >= 15 is 0 Å². The highest BCUT2D eigenvalue weighted by Crippen LogP contribution is 2.40. The zero-order valence-corrected chi connectivity index (χ0v) is 17.9. The molecule has 1 fully saturated rings. The molecule has 1 aliphatic heterocycles. The van der Waals surface area contributed by atoms with Crippen LogP contribution in [0.2, 0.25) is 0 Å². The van der Waals surface area contributed by atoms with Crippen LogP contribution >= 0.6 is 0 Å². The van der Waals surface area contributed by atoms with Gasteiger partial charge in [-0.1, -0.05) is 55.8 Å². The lowest BCUT2D eigenvalue weighted by atomic mass is 9.95. The zero-order chi connectivity index (χ0) is 22.5. The van der Waals surface area contributed by atoms with Crippen molar-refractivity contribution in [1.29, 1.82) is 0 Å². The first-order valence-electron chi connectivity index (χ1n) is 10.7. The normalized spacial score (nSPS) is 17.7. The Morgan fingerprint density at radius 1 is 1.03 bits per heavy atom. The Balaban J connectivity index is 1.75. The summed E-state index contributed by atoms with van der Waals surface area (Å²) in [4.78, 5) is 27.4. The first kappa shape index (κ1) is 21.4. The lowest BCUT2D eigenvalue weighted by Crippen LogP contribution is -2.29. The Bertz CT molecular complexity index is 1100. The SMILES string of the molecule is CCCCOc1ccc(C2C(=C(O)c3ccccc3)C(=O)C(=O)N2Cc2ccco2)cc1. The van der Waals surface area contributed by atoms with E-state index in [9.17, 15) is 14.7 Å². The Hall–Kier alpha value is -3.80. The third-order valence-electron chi connectivity index (χ3n) is 5.46. The number of aliphatic hydroxyl groups excluding tert-OH is 1. The number of likely N-dealkylation sites (tertiary alicyclic amines) is 1. The molecule has 0 radical (unpaired) electrons. The van der Waals surface area contributed by atoms with Crippen LogP contribution in [0, 0.1) is 0 Å². The van der Waals surface area contributed by atoms with E-state index in [0.717, 1.165) is 12.8 Å². The van der Waals surface area contributed by atoms with E-state index < -0.39 is 17.7 Å². The Labute approximate surface area is 186 Å². The maximum Gasteiger partial charge on any atom is 0.296 e. The molecule has 1 N–H and O–H groups in total. The predicted molar refractivity (Wildman–Crippen MR) is 120 cm³/mol. The number of aliphatic hydroxyl groups is 1. The van der Waals surface area contributed by atoms with Crippen molar-refractivity contribution in [2.45, 2.75) is 32.4 Å². The summed E-state index contributed by atoms with van der Waals surface area (Å²) in [6, 6.07) is 18.8. The standard InChI is InChI=1S/C26H25NO5/c1-2-3-15-31-20-13-11-18(12-14-20)23-22(24(28)19-8-5-4-6-9-19)25(29)26(30)27(23)17-21-10-7-16-32-21/h4-14,16,23,28H,2-3,15,17H2,1H3. The van der Waals surface area contributed by atoms with Gasteiger partial charge in [-0.3, -0.25) is 9.59 Å². The number of hydrogen-bond acceptors (Lipinski definition) is 5. The predicted octanol–water partition coefficient (Wildman–Crippen LogP) is 5.08. The van der Waals surface area contributed by atoms with E-state index in [1.54, 1.807) is 36.4 Å². The van der Waals surface area contributed by atoms with Crippen LogP contribution in [0.25, 0.3) is 5.76 Å². The number of Topliss-reactive ketones (excluding diaryl/α,β-unsaturated/α-hetero) is 1. The highest BCUT2D eigenvalue weighted by molar-refractivity contribution is 6.46. The van der Waals surface area contributed by atoms with Crippen molar-refractivity contribution in [2.24, 2.45) is 0 Å². The summed E-state index contributed by atoms with van der Waals surface area (Å²) in [7, 11) is 0. The van der Waals surface area contributed by atoms with Gasteiger partial charge in [-0.15, -0.1) is 0 Å². The van der Waals surface area contributed by atoms with E-state index in [1.165, 1.54) is 11.2 Å². The van der Waals surface area contributed by atoms with Gasteiger partial charge in [0.1, 0.15) is 17.3 Å². The number of ether oxygens (including phenoxy) is 1.